The summed E-state index contributed by atoms with van der Waals surface area (Å²) in [7, 11) is 0. The van der Waals surface area contributed by atoms with Crippen LogP contribution in [-0.4, -0.2) is 5.88 Å². The highest BCUT2D eigenvalue weighted by atomic mass is 35.5. The van der Waals surface area contributed by atoms with Crippen molar-refractivity contribution in [1.29, 1.82) is 0 Å². The molecule has 0 saturated carbocycles. The fourth-order valence-electron chi connectivity index (χ4n) is 2.17. The highest BCUT2D eigenvalue weighted by Gasteiger charge is 2.30. The van der Waals surface area contributed by atoms with Gasteiger partial charge in [-0.2, -0.15) is 13.2 Å². The molecule has 0 aliphatic heterocycles. The van der Waals surface area contributed by atoms with Crippen molar-refractivity contribution in [2.45, 2.75) is 18.5 Å². The quantitative estimate of drug-likeness (QED) is 0.522. The first-order chi connectivity index (χ1) is 9.91. The highest BCUT2D eigenvalue weighted by molar-refractivity contribution is 6.18. The summed E-state index contributed by atoms with van der Waals surface area (Å²) in [5.41, 5.74) is 0.476. The minimum absolute atomic E-state index is 0.196. The molecule has 5 heteroatoms. The SMILES string of the molecule is Fc1ccccc1C(CCl)Cc1ccc(C(F)(F)F)cc1. The summed E-state index contributed by atoms with van der Waals surface area (Å²) >= 11 is 5.88. The Kier molecular flexibility index (Phi) is 4.88. The summed E-state index contributed by atoms with van der Waals surface area (Å²) in [6.07, 6.45) is -3.96. The normalized spacial score (nSPS) is 13.2. The van der Waals surface area contributed by atoms with Crippen molar-refractivity contribution >= 4 is 11.6 Å². The molecule has 1 atom stereocenters. The minimum atomic E-state index is -4.35. The van der Waals surface area contributed by atoms with E-state index in [0.717, 1.165) is 12.1 Å². The molecule has 112 valence electrons. The maximum absolute atomic E-state index is 13.7. The summed E-state index contributed by atoms with van der Waals surface area (Å²) in [4.78, 5) is 0. The van der Waals surface area contributed by atoms with Gasteiger partial charge in [0.1, 0.15) is 5.82 Å². The van der Waals surface area contributed by atoms with Crippen LogP contribution in [0, 0.1) is 5.82 Å². The Bertz CT molecular complexity index is 590. The van der Waals surface area contributed by atoms with Crippen molar-refractivity contribution in [2.24, 2.45) is 0 Å². The molecule has 2 aromatic carbocycles. The molecule has 0 saturated heterocycles. The predicted octanol–water partition coefficient (Wildman–Crippen LogP) is 5.41. The van der Waals surface area contributed by atoms with E-state index in [1.165, 1.54) is 18.2 Å². The lowest BCUT2D eigenvalue weighted by molar-refractivity contribution is -0.137. The first kappa shape index (κ1) is 15.8. The zero-order chi connectivity index (χ0) is 15.5. The molecular weight excluding hydrogens is 304 g/mol. The van der Waals surface area contributed by atoms with Crippen LogP contribution in [0.4, 0.5) is 17.6 Å². The maximum Gasteiger partial charge on any atom is 0.416 e. The van der Waals surface area contributed by atoms with Gasteiger partial charge in [-0.15, -0.1) is 11.6 Å². The van der Waals surface area contributed by atoms with Gasteiger partial charge >= 0.3 is 6.18 Å². The Morgan fingerprint density at radius 3 is 2.10 bits per heavy atom. The average Bonchev–Trinajstić information content (AvgIpc) is 2.45. The van der Waals surface area contributed by atoms with Crippen molar-refractivity contribution in [3.8, 4) is 0 Å². The minimum Gasteiger partial charge on any atom is -0.207 e. The molecular formula is C16H13ClF4. The third-order valence-electron chi connectivity index (χ3n) is 3.29. The molecule has 0 amide bonds. The van der Waals surface area contributed by atoms with Gasteiger partial charge in [0.15, 0.2) is 0 Å². The van der Waals surface area contributed by atoms with Gasteiger partial charge in [0.25, 0.3) is 0 Å². The molecule has 2 rings (SSSR count). The molecule has 0 aliphatic carbocycles. The molecule has 0 aliphatic rings. The van der Waals surface area contributed by atoms with Crippen molar-refractivity contribution in [2.75, 3.05) is 5.88 Å². The van der Waals surface area contributed by atoms with E-state index in [1.54, 1.807) is 18.2 Å². The van der Waals surface area contributed by atoms with Gasteiger partial charge in [-0.3, -0.25) is 0 Å². The van der Waals surface area contributed by atoms with Crippen molar-refractivity contribution < 1.29 is 17.6 Å². The monoisotopic (exact) mass is 316 g/mol. The van der Waals surface area contributed by atoms with Gasteiger partial charge in [0, 0.05) is 11.8 Å². The second kappa shape index (κ2) is 6.48. The summed E-state index contributed by atoms with van der Waals surface area (Å²) < 4.78 is 51.2. The first-order valence-corrected chi connectivity index (χ1v) is 6.92. The Hall–Kier alpha value is -1.55. The number of hydrogen-bond donors (Lipinski definition) is 0. The van der Waals surface area contributed by atoms with E-state index >= 15 is 0 Å². The fourth-order valence-corrected chi connectivity index (χ4v) is 2.44. The standard InChI is InChI=1S/C16H13ClF4/c17-10-12(14-3-1-2-4-15(14)18)9-11-5-7-13(8-6-11)16(19,20)21/h1-8,12H,9-10H2. The van der Waals surface area contributed by atoms with Crippen LogP contribution in [0.2, 0.25) is 0 Å². The zero-order valence-corrected chi connectivity index (χ0v) is 11.8. The molecule has 2 aromatic rings. The number of hydrogen-bond acceptors (Lipinski definition) is 0. The predicted molar refractivity (Wildman–Crippen MR) is 75.0 cm³/mol. The number of rotatable bonds is 4. The van der Waals surface area contributed by atoms with Gasteiger partial charge in [-0.1, -0.05) is 30.3 Å². The smallest absolute Gasteiger partial charge is 0.207 e. The van der Waals surface area contributed by atoms with E-state index < -0.39 is 11.7 Å². The van der Waals surface area contributed by atoms with Gasteiger partial charge in [-0.05, 0) is 35.7 Å². The van der Waals surface area contributed by atoms with Gasteiger partial charge < -0.3 is 0 Å². The largest absolute Gasteiger partial charge is 0.416 e. The van der Waals surface area contributed by atoms with E-state index in [0.29, 0.717) is 17.5 Å². The van der Waals surface area contributed by atoms with Crippen molar-refractivity contribution in [3.05, 3.63) is 71.0 Å². The van der Waals surface area contributed by atoms with Crippen LogP contribution in [-0.2, 0) is 12.6 Å². The average molecular weight is 317 g/mol. The molecule has 0 fully saturated rings. The van der Waals surface area contributed by atoms with Gasteiger partial charge in [0.2, 0.25) is 0 Å². The Balaban J connectivity index is 2.18. The molecule has 0 radical (unpaired) electrons. The van der Waals surface area contributed by atoms with E-state index in [4.69, 9.17) is 11.6 Å². The molecule has 0 nitrogen and oxygen atoms in total. The van der Waals surface area contributed by atoms with Crippen LogP contribution in [0.5, 0.6) is 0 Å². The van der Waals surface area contributed by atoms with E-state index in [2.05, 4.69) is 0 Å². The lowest BCUT2D eigenvalue weighted by Gasteiger charge is -2.16. The molecule has 0 spiro atoms. The molecule has 0 N–H and O–H groups in total. The Morgan fingerprint density at radius 2 is 1.57 bits per heavy atom. The van der Waals surface area contributed by atoms with E-state index in [-0.39, 0.29) is 17.6 Å². The second-order valence-corrected chi connectivity index (χ2v) is 5.08. The number of halogens is 5. The number of alkyl halides is 4. The molecule has 0 aromatic heterocycles. The van der Waals surface area contributed by atoms with Gasteiger partial charge in [-0.25, -0.2) is 4.39 Å². The van der Waals surface area contributed by atoms with E-state index in [1.807, 2.05) is 0 Å². The highest BCUT2D eigenvalue weighted by Crippen LogP contribution is 2.30. The summed E-state index contributed by atoms with van der Waals surface area (Å²) in [5.74, 6) is -0.429. The van der Waals surface area contributed by atoms with Crippen LogP contribution in [0.1, 0.15) is 22.6 Å². The molecule has 0 heterocycles. The molecule has 1 unspecified atom stereocenters. The van der Waals surface area contributed by atoms with E-state index in [9.17, 15) is 17.6 Å². The summed E-state index contributed by atoms with van der Waals surface area (Å²) in [5, 5.41) is 0. The van der Waals surface area contributed by atoms with Crippen LogP contribution in [0.3, 0.4) is 0 Å². The van der Waals surface area contributed by atoms with Crippen LogP contribution in [0.15, 0.2) is 48.5 Å². The topological polar surface area (TPSA) is 0 Å². The molecule has 0 bridgehead atoms. The number of benzene rings is 2. The van der Waals surface area contributed by atoms with Crippen LogP contribution in [0.25, 0.3) is 0 Å². The van der Waals surface area contributed by atoms with Crippen LogP contribution >= 0.6 is 11.6 Å². The third-order valence-corrected chi connectivity index (χ3v) is 3.67. The van der Waals surface area contributed by atoms with Crippen molar-refractivity contribution in [1.82, 2.24) is 0 Å². The molecule has 21 heavy (non-hydrogen) atoms. The maximum atomic E-state index is 13.7. The third kappa shape index (κ3) is 3.97. The summed E-state index contributed by atoms with van der Waals surface area (Å²) in [6, 6.07) is 11.2. The summed E-state index contributed by atoms with van der Waals surface area (Å²) in [6.45, 7) is 0. The first-order valence-electron chi connectivity index (χ1n) is 6.38. The van der Waals surface area contributed by atoms with Gasteiger partial charge in [0.05, 0.1) is 5.56 Å². The lowest BCUT2D eigenvalue weighted by atomic mass is 9.93. The zero-order valence-electron chi connectivity index (χ0n) is 11.0. The fraction of sp³-hybridized carbons (Fsp3) is 0.250. The lowest BCUT2D eigenvalue weighted by Crippen LogP contribution is -2.08. The second-order valence-electron chi connectivity index (χ2n) is 4.77. The van der Waals surface area contributed by atoms with Crippen molar-refractivity contribution in [3.63, 3.8) is 0 Å². The Labute approximate surface area is 125 Å². The Morgan fingerprint density at radius 1 is 0.952 bits per heavy atom. The van der Waals surface area contributed by atoms with Crippen LogP contribution < -0.4 is 0 Å².